The molecule has 0 aliphatic heterocycles. The Balaban J connectivity index is 2.53. The fraction of sp³-hybridized carbons (Fsp3) is 0.400. The number of ether oxygens (including phenoxy) is 1. The monoisotopic (exact) mass is 259 g/mol. The maximum absolute atomic E-state index is 5.68. The first-order valence-corrected chi connectivity index (χ1v) is 6.45. The Kier molecular flexibility index (Phi) is 3.90. The molecular formula is C15H21N3O. The molecule has 0 saturated heterocycles. The number of aryl methyl sites for hydroxylation is 3. The van der Waals surface area contributed by atoms with Gasteiger partial charge in [-0.3, -0.25) is 4.68 Å². The van der Waals surface area contributed by atoms with Crippen LogP contribution in [0.15, 0.2) is 18.3 Å². The highest BCUT2D eigenvalue weighted by Gasteiger charge is 2.13. The topological polar surface area (TPSA) is 53.1 Å². The van der Waals surface area contributed by atoms with E-state index in [0.717, 1.165) is 28.9 Å². The molecule has 0 aliphatic carbocycles. The number of nitrogens with two attached hydrogens (primary N) is 1. The zero-order chi connectivity index (χ0) is 14.0. The van der Waals surface area contributed by atoms with Gasteiger partial charge >= 0.3 is 0 Å². The number of nitrogens with zero attached hydrogens (tertiary/aromatic N) is 2. The molecule has 2 aromatic rings. The van der Waals surface area contributed by atoms with Crippen LogP contribution in [0.1, 0.15) is 16.8 Å². The summed E-state index contributed by atoms with van der Waals surface area (Å²) in [4.78, 5) is 0. The highest BCUT2D eigenvalue weighted by atomic mass is 16.5. The summed E-state index contributed by atoms with van der Waals surface area (Å²) in [5.74, 6) is 0.952. The van der Waals surface area contributed by atoms with Gasteiger partial charge in [0.15, 0.2) is 0 Å². The predicted octanol–water partition coefficient (Wildman–Crippen LogP) is 2.21. The Labute approximate surface area is 114 Å². The molecule has 0 unspecified atom stereocenters. The lowest BCUT2D eigenvalue weighted by Crippen LogP contribution is -2.08. The van der Waals surface area contributed by atoms with Crippen LogP contribution >= 0.6 is 0 Å². The first-order valence-electron chi connectivity index (χ1n) is 6.45. The minimum atomic E-state index is 0.626. The van der Waals surface area contributed by atoms with Crippen molar-refractivity contribution < 1.29 is 4.74 Å². The third-order valence-electron chi connectivity index (χ3n) is 3.42. The van der Waals surface area contributed by atoms with E-state index in [1.54, 1.807) is 7.11 Å². The SMILES string of the molecule is COc1c(C)cc(-c2cnn(C)c2CCN)cc1C. The van der Waals surface area contributed by atoms with E-state index in [4.69, 9.17) is 10.5 Å². The molecule has 1 heterocycles. The van der Waals surface area contributed by atoms with Crippen molar-refractivity contribution in [1.29, 1.82) is 0 Å². The Morgan fingerprint density at radius 3 is 2.42 bits per heavy atom. The van der Waals surface area contributed by atoms with Crippen molar-refractivity contribution in [3.8, 4) is 16.9 Å². The number of methoxy groups -OCH3 is 1. The molecule has 2 rings (SSSR count). The van der Waals surface area contributed by atoms with Gasteiger partial charge in [-0.2, -0.15) is 5.10 Å². The van der Waals surface area contributed by atoms with Crippen LogP contribution in [-0.4, -0.2) is 23.4 Å². The number of rotatable bonds is 4. The molecule has 0 radical (unpaired) electrons. The summed E-state index contributed by atoms with van der Waals surface area (Å²) < 4.78 is 7.31. The van der Waals surface area contributed by atoms with Crippen molar-refractivity contribution in [3.63, 3.8) is 0 Å². The van der Waals surface area contributed by atoms with Crippen LogP contribution < -0.4 is 10.5 Å². The summed E-state index contributed by atoms with van der Waals surface area (Å²) in [7, 11) is 3.66. The lowest BCUT2D eigenvalue weighted by atomic mass is 9.99. The largest absolute Gasteiger partial charge is 0.496 e. The Hall–Kier alpha value is -1.81. The summed E-state index contributed by atoms with van der Waals surface area (Å²) in [5.41, 5.74) is 11.5. The third kappa shape index (κ3) is 2.49. The highest BCUT2D eigenvalue weighted by molar-refractivity contribution is 5.69. The van der Waals surface area contributed by atoms with Crippen LogP contribution in [0.2, 0.25) is 0 Å². The van der Waals surface area contributed by atoms with Crippen LogP contribution in [0.4, 0.5) is 0 Å². The summed E-state index contributed by atoms with van der Waals surface area (Å²) in [6.45, 7) is 4.75. The second-order valence-corrected chi connectivity index (χ2v) is 4.81. The van der Waals surface area contributed by atoms with Crippen molar-refractivity contribution in [2.45, 2.75) is 20.3 Å². The molecule has 0 aliphatic rings. The van der Waals surface area contributed by atoms with Gasteiger partial charge in [-0.15, -0.1) is 0 Å². The number of hydrogen-bond donors (Lipinski definition) is 1. The van der Waals surface area contributed by atoms with Gasteiger partial charge in [0.2, 0.25) is 0 Å². The minimum absolute atomic E-state index is 0.626. The molecule has 4 heteroatoms. The first kappa shape index (κ1) is 13.6. The van der Waals surface area contributed by atoms with Crippen LogP contribution in [-0.2, 0) is 13.5 Å². The molecule has 2 N–H and O–H groups in total. The molecule has 102 valence electrons. The molecule has 4 nitrogen and oxygen atoms in total. The average molecular weight is 259 g/mol. The zero-order valence-electron chi connectivity index (χ0n) is 12.0. The second kappa shape index (κ2) is 5.45. The van der Waals surface area contributed by atoms with E-state index in [1.807, 2.05) is 17.9 Å². The van der Waals surface area contributed by atoms with Gasteiger partial charge in [0.05, 0.1) is 13.3 Å². The van der Waals surface area contributed by atoms with Crippen molar-refractivity contribution in [2.24, 2.45) is 12.8 Å². The van der Waals surface area contributed by atoms with Gasteiger partial charge in [-0.05, 0) is 49.2 Å². The standard InChI is InChI=1S/C15H21N3O/c1-10-7-12(8-11(2)15(10)19-4)13-9-17-18(3)14(13)5-6-16/h7-9H,5-6,16H2,1-4H3. The van der Waals surface area contributed by atoms with Gasteiger partial charge in [-0.1, -0.05) is 0 Å². The third-order valence-corrected chi connectivity index (χ3v) is 3.42. The van der Waals surface area contributed by atoms with Gasteiger partial charge in [0, 0.05) is 24.7 Å². The fourth-order valence-corrected chi connectivity index (χ4v) is 2.56. The molecule has 1 aromatic carbocycles. The molecule has 0 bridgehead atoms. The van der Waals surface area contributed by atoms with E-state index in [-0.39, 0.29) is 0 Å². The lowest BCUT2D eigenvalue weighted by Gasteiger charge is -2.12. The van der Waals surface area contributed by atoms with E-state index in [0.29, 0.717) is 6.54 Å². The molecule has 0 amide bonds. The van der Waals surface area contributed by atoms with Crippen LogP contribution in [0.25, 0.3) is 11.1 Å². The summed E-state index contributed by atoms with van der Waals surface area (Å²) >= 11 is 0. The van der Waals surface area contributed by atoms with Gasteiger partial charge in [-0.25, -0.2) is 0 Å². The summed E-state index contributed by atoms with van der Waals surface area (Å²) in [6, 6.07) is 4.28. The van der Waals surface area contributed by atoms with E-state index in [1.165, 1.54) is 11.3 Å². The quantitative estimate of drug-likeness (QED) is 0.916. The fourth-order valence-electron chi connectivity index (χ4n) is 2.56. The molecular weight excluding hydrogens is 238 g/mol. The molecule has 1 aromatic heterocycles. The van der Waals surface area contributed by atoms with Crippen LogP contribution in [0, 0.1) is 13.8 Å². The average Bonchev–Trinajstić information content (AvgIpc) is 2.71. The number of aromatic nitrogens is 2. The summed E-state index contributed by atoms with van der Waals surface area (Å²) in [5, 5.41) is 4.34. The molecule has 0 fully saturated rings. The van der Waals surface area contributed by atoms with Crippen LogP contribution in [0.3, 0.4) is 0 Å². The van der Waals surface area contributed by atoms with Crippen molar-refractivity contribution in [1.82, 2.24) is 9.78 Å². The predicted molar refractivity (Wildman–Crippen MR) is 77.4 cm³/mol. The second-order valence-electron chi connectivity index (χ2n) is 4.81. The molecule has 19 heavy (non-hydrogen) atoms. The van der Waals surface area contributed by atoms with Crippen molar-refractivity contribution in [3.05, 3.63) is 35.2 Å². The van der Waals surface area contributed by atoms with E-state index in [2.05, 4.69) is 31.1 Å². The number of benzene rings is 1. The smallest absolute Gasteiger partial charge is 0.124 e. The number of hydrogen-bond acceptors (Lipinski definition) is 3. The Bertz CT molecular complexity index is 564. The van der Waals surface area contributed by atoms with E-state index >= 15 is 0 Å². The van der Waals surface area contributed by atoms with Crippen LogP contribution in [0.5, 0.6) is 5.75 Å². The van der Waals surface area contributed by atoms with Gasteiger partial charge in [0.1, 0.15) is 5.75 Å². The molecule has 0 atom stereocenters. The van der Waals surface area contributed by atoms with E-state index < -0.39 is 0 Å². The lowest BCUT2D eigenvalue weighted by molar-refractivity contribution is 0.408. The maximum Gasteiger partial charge on any atom is 0.124 e. The van der Waals surface area contributed by atoms with Crippen molar-refractivity contribution >= 4 is 0 Å². The van der Waals surface area contributed by atoms with Crippen molar-refractivity contribution in [2.75, 3.05) is 13.7 Å². The Morgan fingerprint density at radius 2 is 1.89 bits per heavy atom. The van der Waals surface area contributed by atoms with Gasteiger partial charge < -0.3 is 10.5 Å². The minimum Gasteiger partial charge on any atom is -0.496 e. The van der Waals surface area contributed by atoms with Gasteiger partial charge in [0.25, 0.3) is 0 Å². The zero-order valence-corrected chi connectivity index (χ0v) is 12.0. The highest BCUT2D eigenvalue weighted by Crippen LogP contribution is 2.31. The first-order chi connectivity index (χ1) is 9.08. The Morgan fingerprint density at radius 1 is 1.26 bits per heavy atom. The maximum atomic E-state index is 5.68. The normalized spacial score (nSPS) is 10.8. The molecule has 0 saturated carbocycles. The summed E-state index contributed by atoms with van der Waals surface area (Å²) in [6.07, 6.45) is 2.74. The molecule has 0 spiro atoms. The van der Waals surface area contributed by atoms with E-state index in [9.17, 15) is 0 Å².